The van der Waals surface area contributed by atoms with E-state index in [1.807, 2.05) is 12.1 Å². The molecule has 0 radical (unpaired) electrons. The molecule has 144 valence electrons. The molecule has 0 saturated carbocycles. The van der Waals surface area contributed by atoms with E-state index in [0.29, 0.717) is 16.3 Å². The number of carboxylic acid groups (broad SMARTS) is 2. The van der Waals surface area contributed by atoms with E-state index in [0.717, 1.165) is 5.56 Å². The molecular formula is C22H19ClO5. The summed E-state index contributed by atoms with van der Waals surface area (Å²) in [6.45, 7) is 1.70. The first-order valence-electron chi connectivity index (χ1n) is 8.65. The quantitative estimate of drug-likeness (QED) is 0.738. The number of allylic oxidation sites excluding steroid dienone is 2. The van der Waals surface area contributed by atoms with Crippen molar-refractivity contribution in [3.05, 3.63) is 88.5 Å². The fraction of sp³-hybridized carbons (Fsp3) is 0.182. The molecule has 2 aromatic rings. The van der Waals surface area contributed by atoms with Gasteiger partial charge in [0.2, 0.25) is 0 Å². The second-order valence-electron chi connectivity index (χ2n) is 6.75. The van der Waals surface area contributed by atoms with Crippen molar-refractivity contribution in [3.63, 3.8) is 0 Å². The summed E-state index contributed by atoms with van der Waals surface area (Å²) in [5.41, 5.74) is -0.0261. The molecule has 0 amide bonds. The molecule has 28 heavy (non-hydrogen) atoms. The topological polar surface area (TPSA) is 83.8 Å². The zero-order valence-corrected chi connectivity index (χ0v) is 15.9. The number of halogens is 1. The maximum absolute atomic E-state index is 12.0. The van der Waals surface area contributed by atoms with E-state index in [2.05, 4.69) is 0 Å². The van der Waals surface area contributed by atoms with E-state index in [9.17, 15) is 19.8 Å². The third kappa shape index (κ3) is 3.80. The molecule has 1 aliphatic carbocycles. The third-order valence-electron chi connectivity index (χ3n) is 4.91. The summed E-state index contributed by atoms with van der Waals surface area (Å²) in [6, 6.07) is 14.0. The monoisotopic (exact) mass is 398 g/mol. The molecular weight excluding hydrogens is 380 g/mol. The minimum absolute atomic E-state index is 0.0337. The van der Waals surface area contributed by atoms with Crippen LogP contribution in [0.1, 0.15) is 24.0 Å². The van der Waals surface area contributed by atoms with Gasteiger partial charge in [0, 0.05) is 16.5 Å². The van der Waals surface area contributed by atoms with Crippen LogP contribution in [-0.4, -0.2) is 22.2 Å². The highest BCUT2D eigenvalue weighted by molar-refractivity contribution is 6.30. The number of hydrogen-bond acceptors (Lipinski definition) is 3. The highest BCUT2D eigenvalue weighted by atomic mass is 35.5. The Kier molecular flexibility index (Phi) is 5.56. The minimum Gasteiger partial charge on any atom is -0.489 e. The molecule has 5 nitrogen and oxygen atoms in total. The van der Waals surface area contributed by atoms with Crippen LogP contribution in [-0.2, 0) is 16.2 Å². The Hall–Kier alpha value is -3.05. The first-order chi connectivity index (χ1) is 13.3. The lowest BCUT2D eigenvalue weighted by Crippen LogP contribution is -2.37. The minimum atomic E-state index is -1.39. The van der Waals surface area contributed by atoms with Crippen LogP contribution in [0.25, 0.3) is 0 Å². The number of carboxylic acids is 2. The molecule has 0 fully saturated rings. The molecule has 2 N–H and O–H groups in total. The second-order valence-corrected chi connectivity index (χ2v) is 7.18. The van der Waals surface area contributed by atoms with Gasteiger partial charge in [-0.25, -0.2) is 4.79 Å². The maximum Gasteiger partial charge on any atom is 0.332 e. The lowest BCUT2D eigenvalue weighted by atomic mass is 9.66. The molecule has 0 heterocycles. The Morgan fingerprint density at radius 3 is 2.43 bits per heavy atom. The molecule has 2 atom stereocenters. The fourth-order valence-corrected chi connectivity index (χ4v) is 3.51. The van der Waals surface area contributed by atoms with Gasteiger partial charge in [-0.3, -0.25) is 4.79 Å². The number of aliphatic carboxylic acids is 2. The Bertz CT molecular complexity index is 961. The molecule has 0 spiro atoms. The van der Waals surface area contributed by atoms with Gasteiger partial charge in [0.15, 0.2) is 0 Å². The third-order valence-corrected chi connectivity index (χ3v) is 5.16. The molecule has 2 unspecified atom stereocenters. The first-order valence-corrected chi connectivity index (χ1v) is 9.03. The molecule has 2 aromatic carbocycles. The SMILES string of the molecule is CC1(C(=O)O)C=CC=C(C(=O)O)C1c1ccccc1COc1ccc(Cl)cc1. The summed E-state index contributed by atoms with van der Waals surface area (Å²) in [7, 11) is 0. The molecule has 0 aliphatic heterocycles. The summed E-state index contributed by atoms with van der Waals surface area (Å²) < 4.78 is 5.81. The summed E-state index contributed by atoms with van der Waals surface area (Å²) in [4.78, 5) is 23.9. The van der Waals surface area contributed by atoms with Crippen molar-refractivity contribution in [2.24, 2.45) is 5.41 Å². The van der Waals surface area contributed by atoms with Gasteiger partial charge < -0.3 is 14.9 Å². The van der Waals surface area contributed by atoms with Crippen molar-refractivity contribution in [2.45, 2.75) is 19.4 Å². The highest BCUT2D eigenvalue weighted by Crippen LogP contribution is 2.46. The molecule has 1 aliphatic rings. The van der Waals surface area contributed by atoms with E-state index in [-0.39, 0.29) is 12.2 Å². The zero-order valence-electron chi connectivity index (χ0n) is 15.1. The molecule has 0 aromatic heterocycles. The van der Waals surface area contributed by atoms with E-state index in [4.69, 9.17) is 16.3 Å². The van der Waals surface area contributed by atoms with Crippen molar-refractivity contribution in [3.8, 4) is 5.75 Å². The van der Waals surface area contributed by atoms with Gasteiger partial charge in [0.1, 0.15) is 12.4 Å². The van der Waals surface area contributed by atoms with Crippen LogP contribution >= 0.6 is 11.6 Å². The zero-order chi connectivity index (χ0) is 20.3. The summed E-state index contributed by atoms with van der Waals surface area (Å²) in [5, 5.41) is 20.1. The summed E-state index contributed by atoms with van der Waals surface area (Å²) >= 11 is 5.88. The largest absolute Gasteiger partial charge is 0.489 e. The van der Waals surface area contributed by atoms with Gasteiger partial charge >= 0.3 is 11.9 Å². The van der Waals surface area contributed by atoms with Crippen LogP contribution in [0, 0.1) is 5.41 Å². The Labute approximate surface area is 167 Å². The van der Waals surface area contributed by atoms with E-state index < -0.39 is 23.3 Å². The van der Waals surface area contributed by atoms with E-state index >= 15 is 0 Å². The Morgan fingerprint density at radius 1 is 1.11 bits per heavy atom. The predicted molar refractivity (Wildman–Crippen MR) is 106 cm³/mol. The van der Waals surface area contributed by atoms with Crippen molar-refractivity contribution in [1.29, 1.82) is 0 Å². The van der Waals surface area contributed by atoms with Crippen molar-refractivity contribution in [2.75, 3.05) is 0 Å². The first kappa shape index (κ1) is 19.7. The van der Waals surface area contributed by atoms with Gasteiger partial charge in [-0.15, -0.1) is 0 Å². The second kappa shape index (κ2) is 7.90. The van der Waals surface area contributed by atoms with Crippen molar-refractivity contribution in [1.82, 2.24) is 0 Å². The average Bonchev–Trinajstić information content (AvgIpc) is 2.67. The Morgan fingerprint density at radius 2 is 1.79 bits per heavy atom. The van der Waals surface area contributed by atoms with Gasteiger partial charge in [0.25, 0.3) is 0 Å². The number of ether oxygens (including phenoxy) is 1. The normalized spacial score (nSPS) is 21.1. The van der Waals surface area contributed by atoms with Crippen LogP contribution in [0.15, 0.2) is 72.3 Å². The van der Waals surface area contributed by atoms with Gasteiger partial charge in [-0.1, -0.05) is 54.1 Å². The fourth-order valence-electron chi connectivity index (χ4n) is 3.39. The summed E-state index contributed by atoms with van der Waals surface area (Å²) in [6.07, 6.45) is 4.47. The van der Waals surface area contributed by atoms with E-state index in [1.54, 1.807) is 36.4 Å². The summed E-state index contributed by atoms with van der Waals surface area (Å²) in [5.74, 6) is -2.47. The number of benzene rings is 2. The van der Waals surface area contributed by atoms with Gasteiger partial charge in [0.05, 0.1) is 5.41 Å². The molecule has 3 rings (SSSR count). The van der Waals surface area contributed by atoms with Crippen molar-refractivity contribution < 1.29 is 24.5 Å². The Balaban J connectivity index is 2.00. The van der Waals surface area contributed by atoms with Crippen LogP contribution in [0.2, 0.25) is 5.02 Å². The lowest BCUT2D eigenvalue weighted by Gasteiger charge is -2.35. The molecule has 0 bridgehead atoms. The number of hydrogen-bond donors (Lipinski definition) is 2. The highest BCUT2D eigenvalue weighted by Gasteiger charge is 2.46. The molecule has 0 saturated heterocycles. The average molecular weight is 399 g/mol. The van der Waals surface area contributed by atoms with Crippen molar-refractivity contribution >= 4 is 23.5 Å². The van der Waals surface area contributed by atoms with Crippen LogP contribution in [0.5, 0.6) is 5.75 Å². The molecule has 6 heteroatoms. The van der Waals surface area contributed by atoms with Crippen LogP contribution in [0.3, 0.4) is 0 Å². The smallest absolute Gasteiger partial charge is 0.332 e. The van der Waals surface area contributed by atoms with Gasteiger partial charge in [-0.05, 0) is 42.3 Å². The predicted octanol–water partition coefficient (Wildman–Crippen LogP) is 4.67. The van der Waals surface area contributed by atoms with Gasteiger partial charge in [-0.2, -0.15) is 0 Å². The number of rotatable bonds is 6. The number of carbonyl (C=O) groups is 2. The van der Waals surface area contributed by atoms with Crippen LogP contribution < -0.4 is 4.74 Å². The van der Waals surface area contributed by atoms with Crippen LogP contribution in [0.4, 0.5) is 0 Å². The lowest BCUT2D eigenvalue weighted by molar-refractivity contribution is -0.146. The van der Waals surface area contributed by atoms with E-state index in [1.165, 1.54) is 25.2 Å². The maximum atomic E-state index is 12.0. The standard InChI is InChI=1S/C22H19ClO5/c1-22(21(26)27)12-4-7-18(20(24)25)19(22)17-6-3-2-5-14(17)13-28-16-10-8-15(23)9-11-16/h2-12,19H,13H2,1H3,(H,24,25)(H,26,27).